The minimum atomic E-state index is -0.272. The van der Waals surface area contributed by atoms with E-state index in [4.69, 9.17) is 9.47 Å². The Morgan fingerprint density at radius 1 is 0.903 bits per heavy atom. The van der Waals surface area contributed by atoms with Crippen molar-refractivity contribution in [3.8, 4) is 11.5 Å². The zero-order chi connectivity index (χ0) is 22.2. The van der Waals surface area contributed by atoms with Gasteiger partial charge < -0.3 is 20.1 Å². The molecule has 3 aromatic rings. The summed E-state index contributed by atoms with van der Waals surface area (Å²) in [4.78, 5) is 24.7. The first-order valence-electron chi connectivity index (χ1n) is 10.0. The van der Waals surface area contributed by atoms with Crippen LogP contribution in [0.1, 0.15) is 29.8 Å². The molecule has 0 aliphatic heterocycles. The first kappa shape index (κ1) is 21.9. The number of anilines is 2. The summed E-state index contributed by atoms with van der Waals surface area (Å²) in [5.74, 6) is 0.543. The van der Waals surface area contributed by atoms with Gasteiger partial charge in [-0.15, -0.1) is 0 Å². The van der Waals surface area contributed by atoms with E-state index >= 15 is 0 Å². The third kappa shape index (κ3) is 6.09. The summed E-state index contributed by atoms with van der Waals surface area (Å²) in [6.45, 7) is 4.05. The van der Waals surface area contributed by atoms with Gasteiger partial charge in [0.25, 0.3) is 5.91 Å². The molecule has 0 aliphatic carbocycles. The first-order chi connectivity index (χ1) is 15.0. The third-order valence-electron chi connectivity index (χ3n) is 4.59. The molecule has 0 atom stereocenters. The van der Waals surface area contributed by atoms with Crippen LogP contribution in [0.5, 0.6) is 11.5 Å². The monoisotopic (exact) mass is 418 g/mol. The molecule has 3 rings (SSSR count). The van der Waals surface area contributed by atoms with Crippen LogP contribution in [0.2, 0.25) is 0 Å². The van der Waals surface area contributed by atoms with Crippen molar-refractivity contribution in [2.45, 2.75) is 20.5 Å². The van der Waals surface area contributed by atoms with E-state index in [-0.39, 0.29) is 17.7 Å². The maximum Gasteiger partial charge on any atom is 0.255 e. The minimum Gasteiger partial charge on any atom is -0.494 e. The number of hydrogen-bond donors (Lipinski definition) is 2. The molecular weight excluding hydrogens is 392 g/mol. The Hall–Kier alpha value is -3.80. The molecule has 2 amide bonds. The van der Waals surface area contributed by atoms with Crippen LogP contribution in [-0.2, 0) is 11.4 Å². The summed E-state index contributed by atoms with van der Waals surface area (Å²) in [7, 11) is 1.51. The highest BCUT2D eigenvalue weighted by atomic mass is 16.5. The fourth-order valence-corrected chi connectivity index (χ4v) is 2.82. The molecule has 0 aromatic heterocycles. The Balaban J connectivity index is 1.67. The Morgan fingerprint density at radius 3 is 2.39 bits per heavy atom. The van der Waals surface area contributed by atoms with Gasteiger partial charge in [-0.1, -0.05) is 50.2 Å². The van der Waals surface area contributed by atoms with Crippen LogP contribution in [0.25, 0.3) is 0 Å². The predicted octanol–water partition coefficient (Wildman–Crippen LogP) is 5.12. The maximum atomic E-state index is 12.7. The van der Waals surface area contributed by atoms with Crippen LogP contribution in [0.4, 0.5) is 11.4 Å². The fraction of sp³-hybridized carbons (Fsp3) is 0.200. The van der Waals surface area contributed by atoms with Crippen molar-refractivity contribution >= 4 is 23.2 Å². The molecule has 3 aromatic carbocycles. The van der Waals surface area contributed by atoms with E-state index in [1.807, 2.05) is 50.2 Å². The van der Waals surface area contributed by atoms with Gasteiger partial charge in [-0.3, -0.25) is 9.59 Å². The molecule has 0 fully saturated rings. The molecule has 0 heterocycles. The highest BCUT2D eigenvalue weighted by Gasteiger charge is 2.13. The fourth-order valence-electron chi connectivity index (χ4n) is 2.82. The van der Waals surface area contributed by atoms with Crippen molar-refractivity contribution in [2.24, 2.45) is 5.92 Å². The lowest BCUT2D eigenvalue weighted by Crippen LogP contribution is -2.18. The number of amides is 2. The average Bonchev–Trinajstić information content (AvgIpc) is 2.79. The molecule has 0 aliphatic rings. The quantitative estimate of drug-likeness (QED) is 0.532. The Kier molecular flexibility index (Phi) is 7.27. The molecule has 0 saturated heterocycles. The molecule has 31 heavy (non-hydrogen) atoms. The zero-order valence-corrected chi connectivity index (χ0v) is 17.8. The van der Waals surface area contributed by atoms with Gasteiger partial charge >= 0.3 is 0 Å². The highest BCUT2D eigenvalue weighted by molar-refractivity contribution is 6.05. The largest absolute Gasteiger partial charge is 0.494 e. The van der Waals surface area contributed by atoms with E-state index in [0.29, 0.717) is 35.0 Å². The zero-order valence-electron chi connectivity index (χ0n) is 17.8. The molecule has 6 nitrogen and oxygen atoms in total. The summed E-state index contributed by atoms with van der Waals surface area (Å²) >= 11 is 0. The molecule has 0 saturated carbocycles. The number of ether oxygens (including phenoxy) is 2. The molecule has 160 valence electrons. The topological polar surface area (TPSA) is 76.7 Å². The number of methoxy groups -OCH3 is 1. The summed E-state index contributed by atoms with van der Waals surface area (Å²) in [6.07, 6.45) is 0. The number of carbonyl (C=O) groups is 2. The van der Waals surface area contributed by atoms with E-state index in [9.17, 15) is 9.59 Å². The van der Waals surface area contributed by atoms with Crippen LogP contribution >= 0.6 is 0 Å². The van der Waals surface area contributed by atoms with Crippen molar-refractivity contribution in [3.63, 3.8) is 0 Å². The van der Waals surface area contributed by atoms with Crippen molar-refractivity contribution in [3.05, 3.63) is 83.9 Å². The number of carbonyl (C=O) groups excluding carboxylic acids is 2. The van der Waals surface area contributed by atoms with E-state index < -0.39 is 0 Å². The SMILES string of the molecule is COc1cc(NC(=O)c2cccc(OCc3ccccc3)c2)ccc1NC(=O)C(C)C. The minimum absolute atomic E-state index is 0.109. The van der Waals surface area contributed by atoms with Crippen molar-refractivity contribution < 1.29 is 19.1 Å². The number of nitrogens with one attached hydrogen (secondary N) is 2. The second-order valence-corrected chi connectivity index (χ2v) is 7.32. The second-order valence-electron chi connectivity index (χ2n) is 7.32. The van der Waals surface area contributed by atoms with Gasteiger partial charge in [0.05, 0.1) is 12.8 Å². The smallest absolute Gasteiger partial charge is 0.255 e. The Labute approximate surface area is 182 Å². The van der Waals surface area contributed by atoms with Crippen LogP contribution in [0.3, 0.4) is 0 Å². The Morgan fingerprint density at radius 2 is 1.68 bits per heavy atom. The average molecular weight is 418 g/mol. The Bertz CT molecular complexity index is 1050. The number of hydrogen-bond acceptors (Lipinski definition) is 4. The molecule has 2 N–H and O–H groups in total. The summed E-state index contributed by atoms with van der Waals surface area (Å²) < 4.78 is 11.2. The van der Waals surface area contributed by atoms with E-state index in [1.54, 1.807) is 36.4 Å². The summed E-state index contributed by atoms with van der Waals surface area (Å²) in [6, 6.07) is 21.9. The third-order valence-corrected chi connectivity index (χ3v) is 4.59. The summed E-state index contributed by atoms with van der Waals surface area (Å²) in [5, 5.41) is 5.66. The molecule has 6 heteroatoms. The molecule has 0 radical (unpaired) electrons. The molecule has 0 bridgehead atoms. The van der Waals surface area contributed by atoms with E-state index in [1.165, 1.54) is 7.11 Å². The van der Waals surface area contributed by atoms with Gasteiger partial charge in [0.1, 0.15) is 18.1 Å². The van der Waals surface area contributed by atoms with Gasteiger partial charge in [-0.05, 0) is 35.9 Å². The van der Waals surface area contributed by atoms with Gasteiger partial charge in [-0.2, -0.15) is 0 Å². The number of rotatable bonds is 8. The summed E-state index contributed by atoms with van der Waals surface area (Å²) in [5.41, 5.74) is 2.63. The number of benzene rings is 3. The van der Waals surface area contributed by atoms with E-state index in [0.717, 1.165) is 5.56 Å². The molecule has 0 unspecified atom stereocenters. The van der Waals surface area contributed by atoms with Crippen LogP contribution in [0, 0.1) is 5.92 Å². The van der Waals surface area contributed by atoms with Crippen molar-refractivity contribution in [1.29, 1.82) is 0 Å². The highest BCUT2D eigenvalue weighted by Crippen LogP contribution is 2.29. The molecule has 0 spiro atoms. The lowest BCUT2D eigenvalue weighted by atomic mass is 10.1. The van der Waals surface area contributed by atoms with Crippen LogP contribution in [-0.4, -0.2) is 18.9 Å². The van der Waals surface area contributed by atoms with Crippen LogP contribution in [0.15, 0.2) is 72.8 Å². The van der Waals surface area contributed by atoms with Gasteiger partial charge in [-0.25, -0.2) is 0 Å². The normalized spacial score (nSPS) is 10.5. The second kappa shape index (κ2) is 10.3. The van der Waals surface area contributed by atoms with Crippen LogP contribution < -0.4 is 20.1 Å². The lowest BCUT2D eigenvalue weighted by Gasteiger charge is -2.14. The van der Waals surface area contributed by atoms with Crippen molar-refractivity contribution in [1.82, 2.24) is 0 Å². The van der Waals surface area contributed by atoms with Gasteiger partial charge in [0.15, 0.2) is 0 Å². The van der Waals surface area contributed by atoms with E-state index in [2.05, 4.69) is 10.6 Å². The van der Waals surface area contributed by atoms with Crippen molar-refractivity contribution in [2.75, 3.05) is 17.7 Å². The van der Waals surface area contributed by atoms with Gasteiger partial charge in [0.2, 0.25) is 5.91 Å². The first-order valence-corrected chi connectivity index (χ1v) is 10.0. The molecular formula is C25H26N2O4. The standard InChI is InChI=1S/C25H26N2O4/c1-17(2)24(28)27-22-13-12-20(15-23(22)30-3)26-25(29)19-10-7-11-21(14-19)31-16-18-8-5-4-6-9-18/h4-15,17H,16H2,1-3H3,(H,26,29)(H,27,28). The van der Waals surface area contributed by atoms with Gasteiger partial charge in [0, 0.05) is 23.2 Å². The maximum absolute atomic E-state index is 12.7. The lowest BCUT2D eigenvalue weighted by molar-refractivity contribution is -0.118. The predicted molar refractivity (Wildman–Crippen MR) is 122 cm³/mol.